The lowest BCUT2D eigenvalue weighted by atomic mass is 10.0. The van der Waals surface area contributed by atoms with E-state index in [1.54, 1.807) is 9.80 Å². The lowest BCUT2D eigenvalue weighted by molar-refractivity contribution is -0.157. The molecule has 2 heterocycles. The molecule has 0 aliphatic carbocycles. The zero-order valence-corrected chi connectivity index (χ0v) is 14.0. The van der Waals surface area contributed by atoms with Crippen LogP contribution in [0.15, 0.2) is 0 Å². The Bertz CT molecular complexity index is 429. The first-order valence-electron chi connectivity index (χ1n) is 8.41. The predicted molar refractivity (Wildman–Crippen MR) is 83.6 cm³/mol. The molecule has 2 saturated heterocycles. The number of rotatable bonds is 6. The zero-order valence-electron chi connectivity index (χ0n) is 14.0. The summed E-state index contributed by atoms with van der Waals surface area (Å²) in [7, 11) is 0. The molecule has 132 valence electrons. The highest BCUT2D eigenvalue weighted by atomic mass is 16.5. The molecule has 2 aliphatic rings. The van der Waals surface area contributed by atoms with Crippen LogP contribution in [0, 0.1) is 5.92 Å². The van der Waals surface area contributed by atoms with Gasteiger partial charge in [0.05, 0.1) is 19.3 Å². The fourth-order valence-electron chi connectivity index (χ4n) is 3.17. The van der Waals surface area contributed by atoms with Crippen LogP contribution in [0.1, 0.15) is 33.1 Å². The van der Waals surface area contributed by atoms with Crippen molar-refractivity contribution in [3.05, 3.63) is 0 Å². The number of carbonyl (C=O) groups is 2. The van der Waals surface area contributed by atoms with Crippen molar-refractivity contribution in [1.82, 2.24) is 9.80 Å². The van der Waals surface area contributed by atoms with E-state index >= 15 is 0 Å². The van der Waals surface area contributed by atoms with Gasteiger partial charge in [-0.2, -0.15) is 0 Å². The summed E-state index contributed by atoms with van der Waals surface area (Å²) in [5.41, 5.74) is 0. The van der Waals surface area contributed by atoms with Gasteiger partial charge in [-0.1, -0.05) is 13.8 Å². The van der Waals surface area contributed by atoms with Gasteiger partial charge in [-0.15, -0.1) is 0 Å². The van der Waals surface area contributed by atoms with Crippen molar-refractivity contribution < 1.29 is 24.5 Å². The summed E-state index contributed by atoms with van der Waals surface area (Å²) < 4.78 is 5.30. The van der Waals surface area contributed by atoms with Gasteiger partial charge in [0, 0.05) is 32.5 Å². The maximum absolute atomic E-state index is 12.6. The second kappa shape index (κ2) is 8.08. The maximum atomic E-state index is 12.6. The smallest absolute Gasteiger partial charge is 0.224 e. The fraction of sp³-hybridized carbons (Fsp3) is 0.875. The van der Waals surface area contributed by atoms with Gasteiger partial charge < -0.3 is 24.7 Å². The largest absolute Gasteiger partial charge is 0.388 e. The third-order valence-corrected chi connectivity index (χ3v) is 4.42. The number of hydrogen-bond acceptors (Lipinski definition) is 5. The minimum absolute atomic E-state index is 0.0870. The van der Waals surface area contributed by atoms with Crippen LogP contribution in [0.25, 0.3) is 0 Å². The molecule has 0 bridgehead atoms. The Hall–Kier alpha value is -1.18. The molecule has 3 atom stereocenters. The van der Waals surface area contributed by atoms with E-state index in [-0.39, 0.29) is 37.4 Å². The summed E-state index contributed by atoms with van der Waals surface area (Å²) in [6, 6.07) is -0.539. The molecule has 0 aromatic heterocycles. The summed E-state index contributed by atoms with van der Waals surface area (Å²) in [6.45, 7) is 5.92. The van der Waals surface area contributed by atoms with E-state index in [9.17, 15) is 19.8 Å². The minimum atomic E-state index is -1.00. The van der Waals surface area contributed by atoms with Gasteiger partial charge in [-0.25, -0.2) is 0 Å². The van der Waals surface area contributed by atoms with Crippen LogP contribution in [0.2, 0.25) is 0 Å². The number of carbonyl (C=O) groups excluding carboxylic acids is 2. The number of aliphatic hydroxyl groups excluding tert-OH is 2. The molecule has 2 aliphatic heterocycles. The molecule has 2 N–H and O–H groups in total. The van der Waals surface area contributed by atoms with Crippen LogP contribution < -0.4 is 0 Å². The van der Waals surface area contributed by atoms with Crippen LogP contribution in [0.4, 0.5) is 0 Å². The highest BCUT2D eigenvalue weighted by Crippen LogP contribution is 2.18. The second-order valence-electron chi connectivity index (χ2n) is 6.84. The molecule has 0 saturated carbocycles. The normalized spacial score (nSPS) is 28.5. The molecule has 7 nitrogen and oxygen atoms in total. The quantitative estimate of drug-likeness (QED) is 0.693. The van der Waals surface area contributed by atoms with Gasteiger partial charge in [0.15, 0.2) is 0 Å². The number of aliphatic hydroxyl groups is 2. The third-order valence-electron chi connectivity index (χ3n) is 4.42. The van der Waals surface area contributed by atoms with Gasteiger partial charge in [0.25, 0.3) is 0 Å². The van der Waals surface area contributed by atoms with E-state index in [4.69, 9.17) is 4.74 Å². The Balaban J connectivity index is 1.98. The van der Waals surface area contributed by atoms with E-state index in [1.165, 1.54) is 0 Å². The number of hydrogen-bond donors (Lipinski definition) is 2. The number of likely N-dealkylation sites (tertiary alicyclic amines) is 1. The van der Waals surface area contributed by atoms with Gasteiger partial charge >= 0.3 is 0 Å². The van der Waals surface area contributed by atoms with Crippen molar-refractivity contribution in [3.8, 4) is 0 Å². The average Bonchev–Trinajstić information content (AvgIpc) is 2.90. The van der Waals surface area contributed by atoms with Crippen molar-refractivity contribution in [1.29, 1.82) is 0 Å². The Morgan fingerprint density at radius 1 is 1.39 bits per heavy atom. The number of ether oxygens (including phenoxy) is 1. The van der Waals surface area contributed by atoms with E-state index in [0.29, 0.717) is 26.1 Å². The molecular weight excluding hydrogens is 300 g/mol. The first-order chi connectivity index (χ1) is 10.9. The Labute approximate surface area is 137 Å². The number of nitrogens with zero attached hydrogens (tertiary/aromatic N) is 2. The molecule has 23 heavy (non-hydrogen) atoms. The lowest BCUT2D eigenvalue weighted by Crippen LogP contribution is -2.58. The Kier molecular flexibility index (Phi) is 6.38. The van der Waals surface area contributed by atoms with Crippen molar-refractivity contribution in [2.24, 2.45) is 5.92 Å². The summed E-state index contributed by atoms with van der Waals surface area (Å²) in [4.78, 5) is 27.6. The van der Waals surface area contributed by atoms with Crippen molar-refractivity contribution in [2.45, 2.75) is 51.4 Å². The first-order valence-corrected chi connectivity index (χ1v) is 8.41. The topological polar surface area (TPSA) is 90.3 Å². The first kappa shape index (κ1) is 18.2. The van der Waals surface area contributed by atoms with Crippen LogP contribution >= 0.6 is 0 Å². The maximum Gasteiger partial charge on any atom is 0.224 e. The van der Waals surface area contributed by atoms with E-state index in [1.807, 2.05) is 13.8 Å². The van der Waals surface area contributed by atoms with E-state index < -0.39 is 18.2 Å². The van der Waals surface area contributed by atoms with E-state index in [2.05, 4.69) is 0 Å². The Morgan fingerprint density at radius 3 is 2.74 bits per heavy atom. The highest BCUT2D eigenvalue weighted by Gasteiger charge is 2.37. The molecule has 0 spiro atoms. The summed E-state index contributed by atoms with van der Waals surface area (Å²) >= 11 is 0. The third kappa shape index (κ3) is 4.65. The lowest BCUT2D eigenvalue weighted by Gasteiger charge is -2.40. The summed E-state index contributed by atoms with van der Waals surface area (Å²) in [5.74, 6) is 0.225. The van der Waals surface area contributed by atoms with Gasteiger partial charge in [0.2, 0.25) is 11.8 Å². The van der Waals surface area contributed by atoms with Crippen molar-refractivity contribution in [2.75, 3.05) is 32.8 Å². The SMILES string of the molecule is CC(C)CN(C(=O)CCN1CCCC1=O)[C@@H]1COC[C@@H](O)[C@H]1O. The monoisotopic (exact) mass is 328 g/mol. The minimum Gasteiger partial charge on any atom is -0.388 e. The summed E-state index contributed by atoms with van der Waals surface area (Å²) in [6.07, 6.45) is -0.330. The molecule has 0 unspecified atom stereocenters. The Morgan fingerprint density at radius 2 is 2.13 bits per heavy atom. The van der Waals surface area contributed by atoms with Crippen LogP contribution in [0.5, 0.6) is 0 Å². The summed E-state index contributed by atoms with van der Waals surface area (Å²) in [5, 5.41) is 20.0. The van der Waals surface area contributed by atoms with Gasteiger partial charge in [-0.3, -0.25) is 9.59 Å². The fourth-order valence-corrected chi connectivity index (χ4v) is 3.17. The van der Waals surface area contributed by atoms with Crippen molar-refractivity contribution in [3.63, 3.8) is 0 Å². The van der Waals surface area contributed by atoms with Gasteiger partial charge in [0.1, 0.15) is 12.2 Å². The van der Waals surface area contributed by atoms with Crippen LogP contribution in [-0.4, -0.2) is 82.9 Å². The number of amides is 2. The van der Waals surface area contributed by atoms with Crippen molar-refractivity contribution >= 4 is 11.8 Å². The predicted octanol–water partition coefficient (Wildman–Crippen LogP) is -0.396. The molecular formula is C16H28N2O5. The molecule has 2 fully saturated rings. The molecule has 2 rings (SSSR count). The molecule has 2 amide bonds. The highest BCUT2D eigenvalue weighted by molar-refractivity contribution is 5.80. The molecule has 0 aromatic rings. The van der Waals surface area contributed by atoms with E-state index in [0.717, 1.165) is 6.42 Å². The van der Waals surface area contributed by atoms with Gasteiger partial charge in [-0.05, 0) is 12.3 Å². The average molecular weight is 328 g/mol. The van der Waals surface area contributed by atoms with Crippen LogP contribution in [0.3, 0.4) is 0 Å². The molecule has 7 heteroatoms. The van der Waals surface area contributed by atoms with Crippen LogP contribution in [-0.2, 0) is 14.3 Å². The standard InChI is InChI=1S/C16H28N2O5/c1-11(2)8-18(12-9-23-10-13(19)16(12)22)15(21)5-7-17-6-3-4-14(17)20/h11-13,16,19,22H,3-10H2,1-2H3/t12-,13-,16+/m1/s1. The molecule has 0 radical (unpaired) electrons. The molecule has 0 aromatic carbocycles. The zero-order chi connectivity index (χ0) is 17.0. The second-order valence-corrected chi connectivity index (χ2v) is 6.84.